The fourth-order valence-electron chi connectivity index (χ4n) is 2.72. The fourth-order valence-corrected chi connectivity index (χ4v) is 2.72. The molecule has 1 aromatic carbocycles. The van der Waals surface area contributed by atoms with Crippen molar-refractivity contribution in [2.75, 3.05) is 12.4 Å². The predicted molar refractivity (Wildman–Crippen MR) is 102 cm³/mol. The second-order valence-electron chi connectivity index (χ2n) is 5.55. The van der Waals surface area contributed by atoms with Gasteiger partial charge < -0.3 is 5.32 Å². The van der Waals surface area contributed by atoms with Gasteiger partial charge in [0.05, 0.1) is 23.6 Å². The van der Waals surface area contributed by atoms with Gasteiger partial charge in [-0.15, -0.1) is 0 Å². The largest absolute Gasteiger partial charge is 0.370 e. The van der Waals surface area contributed by atoms with E-state index < -0.39 is 0 Å². The Bertz CT molecular complexity index is 1060. The quantitative estimate of drug-likeness (QED) is 0.513. The molecule has 0 saturated heterocycles. The second kappa shape index (κ2) is 7.02. The number of nitrogens with zero attached hydrogens (tertiary/aromatic N) is 5. The molecule has 0 amide bonds. The van der Waals surface area contributed by atoms with Crippen molar-refractivity contribution in [3.05, 3.63) is 73.6 Å². The molecule has 4 aromatic heterocycles. The first-order valence-corrected chi connectivity index (χ1v) is 8.15. The topological polar surface area (TPSA) is 83.8 Å². The van der Waals surface area contributed by atoms with Gasteiger partial charge in [0.1, 0.15) is 0 Å². The summed E-state index contributed by atoms with van der Waals surface area (Å²) < 4.78 is 1.98. The van der Waals surface area contributed by atoms with Crippen molar-refractivity contribution in [2.45, 2.75) is 0 Å². The first kappa shape index (κ1) is 15.8. The van der Waals surface area contributed by atoms with Gasteiger partial charge in [0.2, 0.25) is 0 Å². The number of pyridine rings is 1. The van der Waals surface area contributed by atoms with Crippen molar-refractivity contribution in [1.82, 2.24) is 29.5 Å². The van der Waals surface area contributed by atoms with E-state index in [0.717, 1.165) is 28.2 Å². The summed E-state index contributed by atoms with van der Waals surface area (Å²) >= 11 is 0. The van der Waals surface area contributed by atoms with E-state index in [4.69, 9.17) is 0 Å². The molecule has 0 spiro atoms. The third-order valence-electron chi connectivity index (χ3n) is 3.97. The summed E-state index contributed by atoms with van der Waals surface area (Å²) in [5.41, 5.74) is 3.86. The molecule has 0 aliphatic rings. The Labute approximate surface area is 149 Å². The first-order valence-electron chi connectivity index (χ1n) is 8.15. The molecule has 4 heterocycles. The zero-order valence-electron chi connectivity index (χ0n) is 14.2. The molecule has 0 aliphatic carbocycles. The predicted octanol–water partition coefficient (Wildman–Crippen LogP) is 3.40. The summed E-state index contributed by atoms with van der Waals surface area (Å²) in [6.45, 7) is 0. The highest BCUT2D eigenvalue weighted by Gasteiger charge is 2.09. The van der Waals surface area contributed by atoms with Crippen LogP contribution in [0.4, 0.5) is 5.82 Å². The van der Waals surface area contributed by atoms with Crippen molar-refractivity contribution in [1.29, 1.82) is 0 Å². The molecule has 0 bridgehead atoms. The van der Waals surface area contributed by atoms with Crippen molar-refractivity contribution in [3.63, 3.8) is 0 Å². The number of rotatable bonds is 2. The molecule has 7 nitrogen and oxygen atoms in total. The Morgan fingerprint density at radius 3 is 2.65 bits per heavy atom. The second-order valence-corrected chi connectivity index (χ2v) is 5.55. The van der Waals surface area contributed by atoms with E-state index in [9.17, 15) is 0 Å². The summed E-state index contributed by atoms with van der Waals surface area (Å²) in [5.74, 6) is 0.761. The van der Waals surface area contributed by atoms with E-state index in [1.165, 1.54) is 5.39 Å². The summed E-state index contributed by atoms with van der Waals surface area (Å²) in [4.78, 5) is 12.7. The Kier molecular flexibility index (Phi) is 4.26. The maximum Gasteiger partial charge on any atom is 0.180 e. The molecule has 5 rings (SSSR count). The van der Waals surface area contributed by atoms with Crippen LogP contribution in [0.15, 0.2) is 73.6 Å². The number of benzene rings is 1. The lowest BCUT2D eigenvalue weighted by Gasteiger charge is -2.02. The highest BCUT2D eigenvalue weighted by molar-refractivity contribution is 5.77. The maximum atomic E-state index is 4.34. The van der Waals surface area contributed by atoms with Gasteiger partial charge in [0.15, 0.2) is 11.5 Å². The summed E-state index contributed by atoms with van der Waals surface area (Å²) in [6.07, 6.45) is 10.8. The number of aromatic amines is 1. The lowest BCUT2D eigenvalue weighted by Crippen LogP contribution is -1.97. The molecule has 2 N–H and O–H groups in total. The highest BCUT2D eigenvalue weighted by atomic mass is 15.1. The van der Waals surface area contributed by atoms with Crippen LogP contribution >= 0.6 is 0 Å². The molecule has 0 atom stereocenters. The number of fused-ring (bicyclic) bond motifs is 2. The first-order chi connectivity index (χ1) is 12.9. The van der Waals surface area contributed by atoms with Gasteiger partial charge in [-0.3, -0.25) is 14.5 Å². The third-order valence-corrected chi connectivity index (χ3v) is 3.97. The van der Waals surface area contributed by atoms with E-state index in [-0.39, 0.29) is 0 Å². The molecular formula is C19H17N7. The highest BCUT2D eigenvalue weighted by Crippen LogP contribution is 2.21. The number of hydrogen-bond acceptors (Lipinski definition) is 5. The van der Waals surface area contributed by atoms with Crippen LogP contribution in [0.3, 0.4) is 0 Å². The van der Waals surface area contributed by atoms with Gasteiger partial charge in [0.25, 0.3) is 0 Å². The molecule has 0 unspecified atom stereocenters. The van der Waals surface area contributed by atoms with Gasteiger partial charge in [0, 0.05) is 42.8 Å². The minimum atomic E-state index is 0.761. The van der Waals surface area contributed by atoms with Crippen LogP contribution in [-0.2, 0) is 0 Å². The van der Waals surface area contributed by atoms with E-state index in [0.29, 0.717) is 0 Å². The van der Waals surface area contributed by atoms with E-state index in [1.807, 2.05) is 60.5 Å². The number of anilines is 1. The number of para-hydroxylation sites is 1. The summed E-state index contributed by atoms with van der Waals surface area (Å²) in [5, 5.41) is 10.9. The number of imidazole rings is 1. The van der Waals surface area contributed by atoms with E-state index in [2.05, 4.69) is 42.6 Å². The zero-order chi connectivity index (χ0) is 17.8. The van der Waals surface area contributed by atoms with E-state index in [1.54, 1.807) is 12.4 Å². The van der Waals surface area contributed by atoms with Crippen molar-refractivity contribution in [2.24, 2.45) is 0 Å². The molecule has 26 heavy (non-hydrogen) atoms. The van der Waals surface area contributed by atoms with Gasteiger partial charge in [-0.25, -0.2) is 9.97 Å². The standard InChI is InChI=1S/C10H10N6.C9H7N/c1-11-9-10-13-6-8(7-4-14-15-5-7)16(10)3-2-12-9;1-2-6-9-8(4-1)5-3-7-10-9/h2-6H,1H3,(H,11,12)(H,14,15);1-7H. The Morgan fingerprint density at radius 2 is 1.85 bits per heavy atom. The van der Waals surface area contributed by atoms with Crippen LogP contribution < -0.4 is 5.32 Å². The number of nitrogens with one attached hydrogen (secondary N) is 2. The monoisotopic (exact) mass is 343 g/mol. The Balaban J connectivity index is 0.000000144. The smallest absolute Gasteiger partial charge is 0.180 e. The van der Waals surface area contributed by atoms with Crippen molar-refractivity contribution in [3.8, 4) is 11.3 Å². The number of hydrogen-bond donors (Lipinski definition) is 2. The zero-order valence-corrected chi connectivity index (χ0v) is 14.2. The van der Waals surface area contributed by atoms with Crippen LogP contribution in [0.25, 0.3) is 27.8 Å². The normalized spacial score (nSPS) is 10.5. The SMILES string of the molecule is CNc1nccn2c(-c3cn[nH]c3)cnc12.c1ccc2ncccc2c1. The number of H-pyrrole nitrogens is 1. The van der Waals surface area contributed by atoms with Gasteiger partial charge in [-0.2, -0.15) is 5.10 Å². The molecule has 0 fully saturated rings. The number of aromatic nitrogens is 6. The lowest BCUT2D eigenvalue weighted by atomic mass is 10.2. The van der Waals surface area contributed by atoms with Crippen molar-refractivity contribution < 1.29 is 0 Å². The van der Waals surface area contributed by atoms with E-state index >= 15 is 0 Å². The maximum absolute atomic E-state index is 4.34. The summed E-state index contributed by atoms with van der Waals surface area (Å²) in [7, 11) is 1.83. The lowest BCUT2D eigenvalue weighted by molar-refractivity contribution is 1.09. The van der Waals surface area contributed by atoms with Crippen molar-refractivity contribution >= 4 is 22.4 Å². The van der Waals surface area contributed by atoms with Crippen LogP contribution in [0, 0.1) is 0 Å². The van der Waals surface area contributed by atoms with Gasteiger partial charge >= 0.3 is 0 Å². The third kappa shape index (κ3) is 2.98. The minimum Gasteiger partial charge on any atom is -0.370 e. The average Bonchev–Trinajstić information content (AvgIpc) is 3.37. The molecular weight excluding hydrogens is 326 g/mol. The van der Waals surface area contributed by atoms with Crippen LogP contribution in [0.2, 0.25) is 0 Å². The Hall–Kier alpha value is -3.74. The average molecular weight is 343 g/mol. The Morgan fingerprint density at radius 1 is 0.962 bits per heavy atom. The van der Waals surface area contributed by atoms with Gasteiger partial charge in [-0.05, 0) is 12.1 Å². The molecule has 0 saturated carbocycles. The fraction of sp³-hybridized carbons (Fsp3) is 0.0526. The van der Waals surface area contributed by atoms with Crippen LogP contribution in [0.5, 0.6) is 0 Å². The van der Waals surface area contributed by atoms with Gasteiger partial charge in [-0.1, -0.05) is 24.3 Å². The minimum absolute atomic E-state index is 0.761. The molecule has 128 valence electrons. The molecule has 0 radical (unpaired) electrons. The van der Waals surface area contributed by atoms with Crippen LogP contribution in [-0.4, -0.2) is 36.6 Å². The van der Waals surface area contributed by atoms with Crippen LogP contribution in [0.1, 0.15) is 0 Å². The molecule has 5 aromatic rings. The molecule has 0 aliphatic heterocycles. The molecule has 7 heteroatoms. The summed E-state index contributed by atoms with van der Waals surface area (Å²) in [6, 6.07) is 12.1.